The van der Waals surface area contributed by atoms with Crippen molar-refractivity contribution in [2.24, 2.45) is 0 Å². The molecular formula is C15H14F3N3O2. The smallest absolute Gasteiger partial charge is 0.410 e. The van der Waals surface area contributed by atoms with E-state index in [9.17, 15) is 18.0 Å². The van der Waals surface area contributed by atoms with E-state index in [1.54, 1.807) is 12.1 Å². The number of alkyl halides is 3. The highest BCUT2D eigenvalue weighted by Crippen LogP contribution is 2.43. The Morgan fingerprint density at radius 2 is 2.00 bits per heavy atom. The van der Waals surface area contributed by atoms with E-state index in [0.717, 1.165) is 11.6 Å². The molecule has 1 aromatic heterocycles. The Kier molecular flexibility index (Phi) is 3.54. The highest BCUT2D eigenvalue weighted by Gasteiger charge is 2.46. The third-order valence-electron chi connectivity index (χ3n) is 3.89. The van der Waals surface area contributed by atoms with E-state index >= 15 is 0 Å². The van der Waals surface area contributed by atoms with Gasteiger partial charge in [0.05, 0.1) is 6.04 Å². The summed E-state index contributed by atoms with van der Waals surface area (Å²) >= 11 is 0. The van der Waals surface area contributed by atoms with Gasteiger partial charge in [-0.2, -0.15) is 18.3 Å². The highest BCUT2D eigenvalue weighted by molar-refractivity contribution is 5.86. The number of halogens is 3. The zero-order valence-electron chi connectivity index (χ0n) is 12.1. The van der Waals surface area contributed by atoms with Crippen LogP contribution in [0.5, 0.6) is 0 Å². The highest BCUT2D eigenvalue weighted by atomic mass is 19.4. The lowest BCUT2D eigenvalue weighted by atomic mass is 9.96. The van der Waals surface area contributed by atoms with Crippen LogP contribution in [0.2, 0.25) is 0 Å². The molecule has 23 heavy (non-hydrogen) atoms. The van der Waals surface area contributed by atoms with Crippen LogP contribution in [0, 0.1) is 6.92 Å². The van der Waals surface area contributed by atoms with Crippen molar-refractivity contribution in [3.05, 3.63) is 47.2 Å². The van der Waals surface area contributed by atoms with Gasteiger partial charge in [0.2, 0.25) is 0 Å². The van der Waals surface area contributed by atoms with Gasteiger partial charge >= 0.3 is 12.1 Å². The number of benzene rings is 1. The second-order valence-corrected chi connectivity index (χ2v) is 5.57. The first-order valence-electron chi connectivity index (χ1n) is 6.98. The maximum atomic E-state index is 13.3. The minimum atomic E-state index is -4.51. The second-order valence-electron chi connectivity index (χ2n) is 5.57. The number of fused-ring (bicyclic) bond motifs is 1. The van der Waals surface area contributed by atoms with Crippen molar-refractivity contribution in [3.63, 3.8) is 0 Å². The zero-order valence-corrected chi connectivity index (χ0v) is 12.1. The topological polar surface area (TPSA) is 67.2 Å². The lowest BCUT2D eigenvalue weighted by Crippen LogP contribution is -2.35. The summed E-state index contributed by atoms with van der Waals surface area (Å²) in [5, 5.41) is 15.5. The molecule has 0 bridgehead atoms. The zero-order chi connectivity index (χ0) is 16.8. The van der Waals surface area contributed by atoms with Crippen LogP contribution in [0.1, 0.15) is 40.1 Å². The molecule has 2 N–H and O–H groups in total. The van der Waals surface area contributed by atoms with E-state index in [1.165, 1.54) is 0 Å². The SMILES string of the molecule is Cc1ccc(C2CC(C(F)(F)F)n3nc(C(=O)O)cc3N2)cc1. The Balaban J connectivity index is 2.01. The van der Waals surface area contributed by atoms with Crippen molar-refractivity contribution in [2.45, 2.75) is 31.6 Å². The fourth-order valence-corrected chi connectivity index (χ4v) is 2.70. The van der Waals surface area contributed by atoms with E-state index in [0.29, 0.717) is 10.2 Å². The summed E-state index contributed by atoms with van der Waals surface area (Å²) in [4.78, 5) is 11.0. The largest absolute Gasteiger partial charge is 0.476 e. The van der Waals surface area contributed by atoms with Crippen LogP contribution in [0.25, 0.3) is 0 Å². The number of anilines is 1. The number of aromatic nitrogens is 2. The normalized spacial score (nSPS) is 20.7. The maximum absolute atomic E-state index is 13.3. The average molecular weight is 325 g/mol. The molecule has 3 rings (SSSR count). The third kappa shape index (κ3) is 2.88. The minimum Gasteiger partial charge on any atom is -0.476 e. The van der Waals surface area contributed by atoms with Crippen LogP contribution >= 0.6 is 0 Å². The molecule has 0 fully saturated rings. The molecule has 122 valence electrons. The lowest BCUT2D eigenvalue weighted by Gasteiger charge is -2.33. The van der Waals surface area contributed by atoms with Gasteiger partial charge in [0.15, 0.2) is 11.7 Å². The first-order chi connectivity index (χ1) is 10.8. The number of carboxylic acid groups (broad SMARTS) is 1. The third-order valence-corrected chi connectivity index (χ3v) is 3.89. The van der Waals surface area contributed by atoms with Gasteiger partial charge in [-0.25, -0.2) is 9.48 Å². The van der Waals surface area contributed by atoms with Crippen LogP contribution in [0.15, 0.2) is 30.3 Å². The summed E-state index contributed by atoms with van der Waals surface area (Å²) in [6, 6.07) is 5.89. The molecule has 1 aromatic carbocycles. The number of hydrogen-bond acceptors (Lipinski definition) is 3. The van der Waals surface area contributed by atoms with Crippen molar-refractivity contribution in [2.75, 3.05) is 5.32 Å². The molecule has 0 saturated heterocycles. The molecular weight excluding hydrogens is 311 g/mol. The number of carbonyl (C=O) groups is 1. The van der Waals surface area contributed by atoms with E-state index in [-0.39, 0.29) is 12.2 Å². The molecule has 0 saturated carbocycles. The van der Waals surface area contributed by atoms with Gasteiger partial charge < -0.3 is 10.4 Å². The molecule has 2 unspecified atom stereocenters. The van der Waals surface area contributed by atoms with E-state index in [4.69, 9.17) is 5.11 Å². The number of nitrogens with zero attached hydrogens (tertiary/aromatic N) is 2. The summed E-state index contributed by atoms with van der Waals surface area (Å²) in [6.45, 7) is 1.89. The number of carboxylic acids is 1. The van der Waals surface area contributed by atoms with Gasteiger partial charge in [-0.15, -0.1) is 0 Å². The van der Waals surface area contributed by atoms with Crippen LogP contribution in [-0.4, -0.2) is 27.0 Å². The minimum absolute atomic E-state index is 0.0570. The van der Waals surface area contributed by atoms with Gasteiger partial charge in [-0.3, -0.25) is 0 Å². The molecule has 0 aliphatic carbocycles. The molecule has 1 aliphatic heterocycles. The summed E-state index contributed by atoms with van der Waals surface area (Å²) in [5.41, 5.74) is 1.32. The summed E-state index contributed by atoms with van der Waals surface area (Å²) < 4.78 is 40.8. The van der Waals surface area contributed by atoms with Gasteiger partial charge in [-0.05, 0) is 12.5 Å². The molecule has 2 heterocycles. The number of aromatic carboxylic acids is 1. The Morgan fingerprint density at radius 1 is 1.35 bits per heavy atom. The van der Waals surface area contributed by atoms with Crippen molar-refractivity contribution in [1.82, 2.24) is 9.78 Å². The monoisotopic (exact) mass is 325 g/mol. The van der Waals surface area contributed by atoms with Crippen LogP contribution in [0.4, 0.5) is 19.0 Å². The summed E-state index contributed by atoms with van der Waals surface area (Å²) in [5.74, 6) is -1.30. The first-order valence-corrected chi connectivity index (χ1v) is 6.98. The summed E-state index contributed by atoms with van der Waals surface area (Å²) in [7, 11) is 0. The quantitative estimate of drug-likeness (QED) is 0.886. The van der Waals surface area contributed by atoms with Crippen molar-refractivity contribution >= 4 is 11.8 Å². The predicted octanol–water partition coefficient (Wildman–Crippen LogP) is 3.55. The van der Waals surface area contributed by atoms with Crippen LogP contribution in [0.3, 0.4) is 0 Å². The Labute approximate surface area is 129 Å². The molecule has 5 nitrogen and oxygen atoms in total. The molecule has 0 amide bonds. The average Bonchev–Trinajstić information content (AvgIpc) is 2.90. The van der Waals surface area contributed by atoms with Gasteiger partial charge in [0, 0.05) is 12.5 Å². The van der Waals surface area contributed by atoms with Gasteiger partial charge in [0.1, 0.15) is 5.82 Å². The van der Waals surface area contributed by atoms with Crippen molar-refractivity contribution < 1.29 is 23.1 Å². The van der Waals surface area contributed by atoms with Crippen LogP contribution < -0.4 is 5.32 Å². The molecule has 8 heteroatoms. The molecule has 0 spiro atoms. The molecule has 1 aliphatic rings. The van der Waals surface area contributed by atoms with E-state index in [2.05, 4.69) is 10.4 Å². The molecule has 2 atom stereocenters. The predicted molar refractivity (Wildman–Crippen MR) is 76.4 cm³/mol. The fraction of sp³-hybridized carbons (Fsp3) is 0.333. The first kappa shape index (κ1) is 15.4. The van der Waals surface area contributed by atoms with Gasteiger partial charge in [-0.1, -0.05) is 29.8 Å². The lowest BCUT2D eigenvalue weighted by molar-refractivity contribution is -0.173. The Morgan fingerprint density at radius 3 is 2.57 bits per heavy atom. The number of aryl methyl sites for hydroxylation is 1. The van der Waals surface area contributed by atoms with Crippen molar-refractivity contribution in [3.8, 4) is 0 Å². The Hall–Kier alpha value is -2.51. The fourth-order valence-electron chi connectivity index (χ4n) is 2.70. The summed E-state index contributed by atoms with van der Waals surface area (Å²) in [6.07, 6.45) is -4.76. The second kappa shape index (κ2) is 5.29. The van der Waals surface area contributed by atoms with E-state index < -0.39 is 29.9 Å². The molecule has 2 aromatic rings. The standard InChI is InChI=1S/C15H14F3N3O2/c1-8-2-4-9(5-3-8)10-6-12(15(16,17)18)21-13(19-10)7-11(20-21)14(22)23/h2-5,7,10,12,19H,6H2,1H3,(H,22,23). The Bertz CT molecular complexity index is 737. The maximum Gasteiger partial charge on any atom is 0.410 e. The number of nitrogens with one attached hydrogen (secondary N) is 1. The van der Waals surface area contributed by atoms with E-state index in [1.807, 2.05) is 19.1 Å². The number of hydrogen-bond donors (Lipinski definition) is 2. The molecule has 0 radical (unpaired) electrons. The van der Waals surface area contributed by atoms with Gasteiger partial charge in [0.25, 0.3) is 0 Å². The van der Waals surface area contributed by atoms with Crippen molar-refractivity contribution in [1.29, 1.82) is 0 Å². The number of rotatable bonds is 2. The van der Waals surface area contributed by atoms with Crippen LogP contribution in [-0.2, 0) is 0 Å².